The molecule has 11 aromatic rings. The molecule has 0 amide bonds. The van der Waals surface area contributed by atoms with Gasteiger partial charge in [-0.3, -0.25) is 0 Å². The summed E-state index contributed by atoms with van der Waals surface area (Å²) in [6.07, 6.45) is 0. The molecule has 0 N–H and O–H groups in total. The Morgan fingerprint density at radius 1 is 0.235 bits per heavy atom. The standard InChI is InChI=1S/C50H30O/c1-6-19-40(33(13-1)31-25-27-38-36-16-3-2-14-34(36)35-15-4-5-17-37(35)45(38)29-31)50-43-22-9-7-20-41(43)49(42-21-8-10-23-44(42)50)32-26-28-48-46(30-32)39-18-11-12-24-47(39)51-48/h1-30H. The first kappa shape index (κ1) is 28.2. The maximum absolute atomic E-state index is 6.22. The Morgan fingerprint density at radius 3 is 1.27 bits per heavy atom. The van der Waals surface area contributed by atoms with Crippen molar-refractivity contribution in [2.24, 2.45) is 0 Å². The number of fused-ring (bicyclic) bond motifs is 11. The van der Waals surface area contributed by atoms with Gasteiger partial charge >= 0.3 is 0 Å². The third-order valence-corrected chi connectivity index (χ3v) is 10.8. The van der Waals surface area contributed by atoms with Crippen molar-refractivity contribution >= 4 is 75.8 Å². The van der Waals surface area contributed by atoms with Crippen LogP contribution in [0.25, 0.3) is 109 Å². The first-order valence-electron chi connectivity index (χ1n) is 17.6. The quantitative estimate of drug-likeness (QED) is 0.138. The molecule has 1 aromatic heterocycles. The van der Waals surface area contributed by atoms with E-state index in [0.717, 1.165) is 21.9 Å². The van der Waals surface area contributed by atoms with Crippen molar-refractivity contribution in [3.05, 3.63) is 182 Å². The first-order valence-corrected chi connectivity index (χ1v) is 17.6. The van der Waals surface area contributed by atoms with E-state index in [4.69, 9.17) is 4.42 Å². The summed E-state index contributed by atoms with van der Waals surface area (Å²) in [5, 5.41) is 15.0. The van der Waals surface area contributed by atoms with Gasteiger partial charge in [0.25, 0.3) is 0 Å². The summed E-state index contributed by atoms with van der Waals surface area (Å²) < 4.78 is 6.22. The number of rotatable bonds is 3. The predicted molar refractivity (Wildman–Crippen MR) is 218 cm³/mol. The summed E-state index contributed by atoms with van der Waals surface area (Å²) in [6.45, 7) is 0. The highest BCUT2D eigenvalue weighted by Gasteiger charge is 2.20. The minimum Gasteiger partial charge on any atom is -0.456 e. The molecule has 0 saturated carbocycles. The van der Waals surface area contributed by atoms with Crippen molar-refractivity contribution in [3.8, 4) is 33.4 Å². The van der Waals surface area contributed by atoms with Gasteiger partial charge in [-0.05, 0) is 112 Å². The summed E-state index contributed by atoms with van der Waals surface area (Å²) in [5.41, 5.74) is 9.21. The molecule has 1 heterocycles. The number of furan rings is 1. The van der Waals surface area contributed by atoms with Gasteiger partial charge in [-0.1, -0.05) is 158 Å². The molecule has 0 aliphatic carbocycles. The van der Waals surface area contributed by atoms with Crippen LogP contribution in [-0.2, 0) is 0 Å². The molecule has 1 heteroatoms. The first-order chi connectivity index (χ1) is 25.3. The van der Waals surface area contributed by atoms with Gasteiger partial charge in [-0.25, -0.2) is 0 Å². The highest BCUT2D eigenvalue weighted by atomic mass is 16.3. The molecule has 10 aromatic carbocycles. The van der Waals surface area contributed by atoms with Crippen LogP contribution >= 0.6 is 0 Å². The highest BCUT2D eigenvalue weighted by Crippen LogP contribution is 2.47. The summed E-state index contributed by atoms with van der Waals surface area (Å²) in [7, 11) is 0. The van der Waals surface area contributed by atoms with Gasteiger partial charge in [-0.2, -0.15) is 0 Å². The maximum Gasteiger partial charge on any atom is 0.135 e. The minimum absolute atomic E-state index is 0.912. The minimum atomic E-state index is 0.912. The van der Waals surface area contributed by atoms with Crippen molar-refractivity contribution in [3.63, 3.8) is 0 Å². The molecule has 11 rings (SSSR count). The second kappa shape index (κ2) is 10.9. The molecule has 0 radical (unpaired) electrons. The fourth-order valence-corrected chi connectivity index (χ4v) is 8.64. The van der Waals surface area contributed by atoms with E-state index in [1.54, 1.807) is 0 Å². The molecule has 0 unspecified atom stereocenters. The van der Waals surface area contributed by atoms with Gasteiger partial charge in [0.2, 0.25) is 0 Å². The van der Waals surface area contributed by atoms with Crippen LogP contribution in [0.15, 0.2) is 186 Å². The fraction of sp³-hybridized carbons (Fsp3) is 0. The van der Waals surface area contributed by atoms with E-state index in [9.17, 15) is 0 Å². The molecule has 1 nitrogen and oxygen atoms in total. The third kappa shape index (κ3) is 4.16. The second-order valence-electron chi connectivity index (χ2n) is 13.5. The Bertz CT molecular complexity index is 3100. The summed E-state index contributed by atoms with van der Waals surface area (Å²) >= 11 is 0. The molecular weight excluding hydrogens is 617 g/mol. The number of benzene rings is 10. The Labute approximate surface area is 294 Å². The lowest BCUT2D eigenvalue weighted by Gasteiger charge is -2.20. The normalized spacial score (nSPS) is 11.9. The van der Waals surface area contributed by atoms with Crippen LogP contribution in [0.2, 0.25) is 0 Å². The molecule has 236 valence electrons. The van der Waals surface area contributed by atoms with E-state index in [2.05, 4.69) is 170 Å². The van der Waals surface area contributed by atoms with Gasteiger partial charge < -0.3 is 4.42 Å². The van der Waals surface area contributed by atoms with Crippen molar-refractivity contribution in [2.75, 3.05) is 0 Å². The van der Waals surface area contributed by atoms with E-state index in [-0.39, 0.29) is 0 Å². The molecule has 0 aliphatic heterocycles. The predicted octanol–water partition coefficient (Wildman–Crippen LogP) is 14.4. The van der Waals surface area contributed by atoms with Crippen LogP contribution in [-0.4, -0.2) is 0 Å². The van der Waals surface area contributed by atoms with E-state index >= 15 is 0 Å². The molecule has 51 heavy (non-hydrogen) atoms. The second-order valence-corrected chi connectivity index (χ2v) is 13.5. The summed E-state index contributed by atoms with van der Waals surface area (Å²) in [5.74, 6) is 0. The van der Waals surface area contributed by atoms with Crippen LogP contribution in [0, 0.1) is 0 Å². The van der Waals surface area contributed by atoms with Crippen LogP contribution in [0.3, 0.4) is 0 Å². The number of para-hydroxylation sites is 1. The largest absolute Gasteiger partial charge is 0.456 e. The van der Waals surface area contributed by atoms with Gasteiger partial charge in [0, 0.05) is 10.8 Å². The molecule has 0 saturated heterocycles. The van der Waals surface area contributed by atoms with Crippen LogP contribution in [0.1, 0.15) is 0 Å². The highest BCUT2D eigenvalue weighted by molar-refractivity contribution is 6.26. The monoisotopic (exact) mass is 646 g/mol. The zero-order chi connectivity index (χ0) is 33.5. The molecule has 0 spiro atoms. The molecule has 0 atom stereocenters. The molecule has 0 aliphatic rings. The zero-order valence-corrected chi connectivity index (χ0v) is 27.7. The molecule has 0 fully saturated rings. The topological polar surface area (TPSA) is 13.1 Å². The lowest BCUT2D eigenvalue weighted by atomic mass is 9.83. The summed E-state index contributed by atoms with van der Waals surface area (Å²) in [6, 6.07) is 66.4. The Kier molecular flexibility index (Phi) is 6.02. The van der Waals surface area contributed by atoms with Gasteiger partial charge in [-0.15, -0.1) is 0 Å². The smallest absolute Gasteiger partial charge is 0.135 e. The Morgan fingerprint density at radius 2 is 0.647 bits per heavy atom. The number of hydrogen-bond acceptors (Lipinski definition) is 1. The zero-order valence-electron chi connectivity index (χ0n) is 27.7. The average Bonchev–Trinajstić information content (AvgIpc) is 3.58. The van der Waals surface area contributed by atoms with Crippen LogP contribution in [0.4, 0.5) is 0 Å². The SMILES string of the molecule is c1ccc(-c2c3ccccc3c(-c3ccc4oc5ccccc5c4c3)c3ccccc23)c(-c2ccc3c4ccccc4c4ccccc4c3c2)c1. The van der Waals surface area contributed by atoms with Gasteiger partial charge in [0.05, 0.1) is 0 Å². The summed E-state index contributed by atoms with van der Waals surface area (Å²) in [4.78, 5) is 0. The van der Waals surface area contributed by atoms with Crippen molar-refractivity contribution in [1.29, 1.82) is 0 Å². The Hall–Kier alpha value is -6.70. The van der Waals surface area contributed by atoms with Gasteiger partial charge in [0.1, 0.15) is 11.2 Å². The van der Waals surface area contributed by atoms with E-state index in [1.165, 1.54) is 87.2 Å². The molecule has 0 bridgehead atoms. The van der Waals surface area contributed by atoms with Crippen molar-refractivity contribution in [1.82, 2.24) is 0 Å². The van der Waals surface area contributed by atoms with E-state index < -0.39 is 0 Å². The van der Waals surface area contributed by atoms with E-state index in [0.29, 0.717) is 0 Å². The van der Waals surface area contributed by atoms with Crippen molar-refractivity contribution in [2.45, 2.75) is 0 Å². The van der Waals surface area contributed by atoms with E-state index in [1.807, 2.05) is 12.1 Å². The fourth-order valence-electron chi connectivity index (χ4n) is 8.64. The average molecular weight is 647 g/mol. The van der Waals surface area contributed by atoms with Gasteiger partial charge in [0.15, 0.2) is 0 Å². The van der Waals surface area contributed by atoms with Crippen LogP contribution in [0.5, 0.6) is 0 Å². The van der Waals surface area contributed by atoms with Crippen LogP contribution < -0.4 is 0 Å². The lowest BCUT2D eigenvalue weighted by Crippen LogP contribution is -1.93. The molecular formula is C50H30O. The number of hydrogen-bond donors (Lipinski definition) is 0. The lowest BCUT2D eigenvalue weighted by molar-refractivity contribution is 0.669. The third-order valence-electron chi connectivity index (χ3n) is 10.8. The maximum atomic E-state index is 6.22. The van der Waals surface area contributed by atoms with Crippen molar-refractivity contribution < 1.29 is 4.42 Å². The Balaban J connectivity index is 1.19.